The number of aryl methyl sites for hydroxylation is 1. The SMILES string of the molecule is CCOC(c1nc(CC)c2c(n1)CCNC2)C(C)(C)C. The van der Waals surface area contributed by atoms with Crippen molar-refractivity contribution in [2.45, 2.75) is 60.1 Å². The van der Waals surface area contributed by atoms with Crippen LogP contribution in [0.4, 0.5) is 0 Å². The molecule has 4 heteroatoms. The highest BCUT2D eigenvalue weighted by Gasteiger charge is 2.31. The molecule has 1 aromatic heterocycles. The molecule has 0 aliphatic carbocycles. The summed E-state index contributed by atoms with van der Waals surface area (Å²) in [6.45, 7) is 13.3. The second kappa shape index (κ2) is 6.19. The lowest BCUT2D eigenvalue weighted by atomic mass is 9.88. The predicted molar refractivity (Wildman–Crippen MR) is 80.6 cm³/mol. The number of nitrogens with zero attached hydrogens (tertiary/aromatic N) is 2. The first kappa shape index (κ1) is 15.4. The number of hydrogen-bond donors (Lipinski definition) is 1. The minimum atomic E-state index is -0.0435. The highest BCUT2D eigenvalue weighted by atomic mass is 16.5. The van der Waals surface area contributed by atoms with Crippen LogP contribution in [0.1, 0.15) is 63.5 Å². The molecule has 0 radical (unpaired) electrons. The Bertz CT molecular complexity index is 448. The van der Waals surface area contributed by atoms with Gasteiger partial charge >= 0.3 is 0 Å². The van der Waals surface area contributed by atoms with Crippen molar-refractivity contribution >= 4 is 0 Å². The predicted octanol–water partition coefficient (Wildman–Crippen LogP) is 2.81. The molecule has 1 atom stereocenters. The Morgan fingerprint density at radius 1 is 1.25 bits per heavy atom. The highest BCUT2D eigenvalue weighted by Crippen LogP contribution is 2.35. The maximum absolute atomic E-state index is 5.94. The molecule has 0 bridgehead atoms. The van der Waals surface area contributed by atoms with E-state index in [4.69, 9.17) is 14.7 Å². The van der Waals surface area contributed by atoms with Gasteiger partial charge in [-0.3, -0.25) is 0 Å². The molecule has 1 aromatic rings. The van der Waals surface area contributed by atoms with Crippen molar-refractivity contribution in [1.82, 2.24) is 15.3 Å². The Hall–Kier alpha value is -1.00. The molecular formula is C16H27N3O. The van der Waals surface area contributed by atoms with Crippen LogP contribution in [0.25, 0.3) is 0 Å². The van der Waals surface area contributed by atoms with E-state index in [1.54, 1.807) is 0 Å². The summed E-state index contributed by atoms with van der Waals surface area (Å²) in [6, 6.07) is 0. The number of hydrogen-bond acceptors (Lipinski definition) is 4. The number of ether oxygens (including phenoxy) is 1. The van der Waals surface area contributed by atoms with E-state index < -0.39 is 0 Å². The molecule has 0 spiro atoms. The highest BCUT2D eigenvalue weighted by molar-refractivity contribution is 5.29. The molecule has 0 fully saturated rings. The van der Waals surface area contributed by atoms with Crippen LogP contribution in [0.3, 0.4) is 0 Å². The fourth-order valence-corrected chi connectivity index (χ4v) is 2.72. The largest absolute Gasteiger partial charge is 0.370 e. The van der Waals surface area contributed by atoms with Crippen LogP contribution in [0.2, 0.25) is 0 Å². The van der Waals surface area contributed by atoms with Gasteiger partial charge in [-0.25, -0.2) is 9.97 Å². The van der Waals surface area contributed by atoms with Crippen molar-refractivity contribution in [3.63, 3.8) is 0 Å². The Morgan fingerprint density at radius 2 is 2.00 bits per heavy atom. The molecule has 2 rings (SSSR count). The first-order valence-corrected chi connectivity index (χ1v) is 7.68. The first-order valence-electron chi connectivity index (χ1n) is 7.68. The van der Waals surface area contributed by atoms with E-state index in [2.05, 4.69) is 33.0 Å². The van der Waals surface area contributed by atoms with E-state index in [0.717, 1.165) is 31.8 Å². The average molecular weight is 277 g/mol. The quantitative estimate of drug-likeness (QED) is 0.919. The molecule has 20 heavy (non-hydrogen) atoms. The molecular weight excluding hydrogens is 250 g/mol. The summed E-state index contributed by atoms with van der Waals surface area (Å²) in [5, 5.41) is 3.41. The molecule has 2 heterocycles. The summed E-state index contributed by atoms with van der Waals surface area (Å²) in [5.74, 6) is 0.858. The molecule has 1 aliphatic rings. The summed E-state index contributed by atoms with van der Waals surface area (Å²) in [4.78, 5) is 9.64. The lowest BCUT2D eigenvalue weighted by Crippen LogP contribution is -2.30. The standard InChI is InChI=1S/C16H27N3O/c1-6-12-11-10-17-9-8-13(11)19-15(18-12)14(20-7-2)16(3,4)5/h14,17H,6-10H2,1-5H3. The number of fused-ring (bicyclic) bond motifs is 1. The van der Waals surface area contributed by atoms with E-state index in [-0.39, 0.29) is 11.5 Å². The smallest absolute Gasteiger partial charge is 0.158 e. The molecule has 0 saturated carbocycles. The summed E-state index contributed by atoms with van der Waals surface area (Å²) < 4.78 is 5.94. The molecule has 0 amide bonds. The van der Waals surface area contributed by atoms with Gasteiger partial charge in [-0.2, -0.15) is 0 Å². The van der Waals surface area contributed by atoms with Crippen LogP contribution in [-0.4, -0.2) is 23.1 Å². The fraction of sp³-hybridized carbons (Fsp3) is 0.750. The van der Waals surface area contributed by atoms with Crippen molar-refractivity contribution in [2.24, 2.45) is 5.41 Å². The Labute approximate surface area is 122 Å². The van der Waals surface area contributed by atoms with Gasteiger partial charge in [0.25, 0.3) is 0 Å². The third kappa shape index (κ3) is 3.18. The maximum Gasteiger partial charge on any atom is 0.158 e. The third-order valence-electron chi connectivity index (χ3n) is 3.73. The van der Waals surface area contributed by atoms with Gasteiger partial charge in [-0.15, -0.1) is 0 Å². The van der Waals surface area contributed by atoms with Crippen molar-refractivity contribution in [3.05, 3.63) is 22.8 Å². The maximum atomic E-state index is 5.94. The summed E-state index contributed by atoms with van der Waals surface area (Å²) in [6.07, 6.45) is 1.89. The number of nitrogens with one attached hydrogen (secondary N) is 1. The lowest BCUT2D eigenvalue weighted by molar-refractivity contribution is -0.0194. The monoisotopic (exact) mass is 277 g/mol. The molecule has 4 nitrogen and oxygen atoms in total. The summed E-state index contributed by atoms with van der Waals surface area (Å²) in [5.41, 5.74) is 3.68. The van der Waals surface area contributed by atoms with Crippen molar-refractivity contribution in [3.8, 4) is 0 Å². The van der Waals surface area contributed by atoms with E-state index in [1.165, 1.54) is 17.0 Å². The van der Waals surface area contributed by atoms with Gasteiger partial charge < -0.3 is 10.1 Å². The van der Waals surface area contributed by atoms with Crippen LogP contribution < -0.4 is 5.32 Å². The number of aromatic nitrogens is 2. The van der Waals surface area contributed by atoms with Crippen molar-refractivity contribution in [2.75, 3.05) is 13.2 Å². The zero-order chi connectivity index (χ0) is 14.8. The molecule has 0 saturated heterocycles. The molecule has 112 valence electrons. The van der Waals surface area contributed by atoms with Crippen molar-refractivity contribution < 1.29 is 4.74 Å². The first-order chi connectivity index (χ1) is 9.47. The molecule has 1 unspecified atom stereocenters. The van der Waals surface area contributed by atoms with Gasteiger partial charge in [-0.1, -0.05) is 27.7 Å². The van der Waals surface area contributed by atoms with Gasteiger partial charge in [0.15, 0.2) is 5.82 Å². The van der Waals surface area contributed by atoms with Gasteiger partial charge in [0.05, 0.1) is 5.69 Å². The zero-order valence-electron chi connectivity index (χ0n) is 13.4. The van der Waals surface area contributed by atoms with E-state index in [0.29, 0.717) is 6.61 Å². The molecule has 1 aliphatic heterocycles. The topological polar surface area (TPSA) is 47.0 Å². The van der Waals surface area contributed by atoms with Crippen molar-refractivity contribution in [1.29, 1.82) is 0 Å². The zero-order valence-corrected chi connectivity index (χ0v) is 13.4. The van der Waals surface area contributed by atoms with Crippen LogP contribution in [0, 0.1) is 5.41 Å². The van der Waals surface area contributed by atoms with E-state index in [1.807, 2.05) is 6.92 Å². The van der Waals surface area contributed by atoms with Crippen LogP contribution in [0.5, 0.6) is 0 Å². The molecule has 0 aromatic carbocycles. The Balaban J connectivity index is 2.45. The normalized spacial score (nSPS) is 16.9. The van der Waals surface area contributed by atoms with E-state index >= 15 is 0 Å². The lowest BCUT2D eigenvalue weighted by Gasteiger charge is -2.30. The van der Waals surface area contributed by atoms with Crippen LogP contribution >= 0.6 is 0 Å². The van der Waals surface area contributed by atoms with Gasteiger partial charge in [0, 0.05) is 37.4 Å². The summed E-state index contributed by atoms with van der Waals surface area (Å²) >= 11 is 0. The second-order valence-corrected chi connectivity index (χ2v) is 6.44. The van der Waals surface area contributed by atoms with Gasteiger partial charge in [0.1, 0.15) is 6.10 Å². The number of rotatable bonds is 4. The Kier molecular flexibility index (Phi) is 4.76. The minimum Gasteiger partial charge on any atom is -0.370 e. The summed E-state index contributed by atoms with van der Waals surface area (Å²) in [7, 11) is 0. The average Bonchev–Trinajstić information content (AvgIpc) is 2.42. The van der Waals surface area contributed by atoms with Crippen LogP contribution in [0.15, 0.2) is 0 Å². The third-order valence-corrected chi connectivity index (χ3v) is 3.73. The Morgan fingerprint density at radius 3 is 2.60 bits per heavy atom. The fourth-order valence-electron chi connectivity index (χ4n) is 2.72. The second-order valence-electron chi connectivity index (χ2n) is 6.44. The van der Waals surface area contributed by atoms with E-state index in [9.17, 15) is 0 Å². The molecule has 1 N–H and O–H groups in total. The van der Waals surface area contributed by atoms with Gasteiger partial charge in [-0.05, 0) is 18.8 Å². The van der Waals surface area contributed by atoms with Gasteiger partial charge in [0.2, 0.25) is 0 Å². The minimum absolute atomic E-state index is 0.00216. The van der Waals surface area contributed by atoms with Crippen LogP contribution in [-0.2, 0) is 24.1 Å².